The number of thiocarbonyl (C=S) groups is 1. The van der Waals surface area contributed by atoms with Crippen molar-refractivity contribution < 1.29 is 9.53 Å². The maximum atomic E-state index is 12.3. The van der Waals surface area contributed by atoms with E-state index in [1.165, 1.54) is 0 Å². The van der Waals surface area contributed by atoms with Crippen LogP contribution in [0.15, 0.2) is 54.6 Å². The Morgan fingerprint density at radius 3 is 2.29 bits per heavy atom. The van der Waals surface area contributed by atoms with Crippen LogP contribution < -0.4 is 20.7 Å². The number of amides is 1. The number of hydrogen-bond acceptors (Lipinski definition) is 3. The molecule has 0 saturated heterocycles. The number of carbonyl (C=O) groups excluding carboxylic acids is 1. The summed E-state index contributed by atoms with van der Waals surface area (Å²) in [6.07, 6.45) is -0.866. The minimum atomic E-state index is -1.81. The van der Waals surface area contributed by atoms with E-state index in [1.54, 1.807) is 12.1 Å². The number of alkyl halides is 3. The number of rotatable bonds is 7. The zero-order chi connectivity index (χ0) is 20.6. The van der Waals surface area contributed by atoms with E-state index in [1.807, 2.05) is 49.4 Å². The van der Waals surface area contributed by atoms with Crippen molar-refractivity contribution in [2.75, 3.05) is 11.9 Å². The van der Waals surface area contributed by atoms with E-state index in [9.17, 15) is 4.79 Å². The molecular formula is C19H20Cl3N3O2S. The summed E-state index contributed by atoms with van der Waals surface area (Å²) in [4.78, 5) is 12.3. The summed E-state index contributed by atoms with van der Waals surface area (Å²) >= 11 is 23.3. The molecule has 0 fully saturated rings. The standard InChI is InChI=1S/C19H20Cl3N3O2S/c1-2-27-15-10-8-14(9-11-15)23-18(28)25-17(19(20,21)22)24-16(26)12-13-6-4-3-5-7-13/h3-11,17H,2,12H2,1H3,(H,24,26)(H2,23,25,28)/t17-/m1/s1. The monoisotopic (exact) mass is 459 g/mol. The second kappa shape index (κ2) is 10.7. The first kappa shape index (κ1) is 22.6. The maximum Gasteiger partial charge on any atom is 0.228 e. The van der Waals surface area contributed by atoms with Gasteiger partial charge in [0.2, 0.25) is 9.70 Å². The van der Waals surface area contributed by atoms with Crippen molar-refractivity contribution in [3.63, 3.8) is 0 Å². The van der Waals surface area contributed by atoms with Gasteiger partial charge >= 0.3 is 0 Å². The van der Waals surface area contributed by atoms with Gasteiger partial charge < -0.3 is 20.7 Å². The lowest BCUT2D eigenvalue weighted by Gasteiger charge is -2.27. The SMILES string of the molecule is CCOc1ccc(NC(=S)N[C@@H](NC(=O)Cc2ccccc2)C(Cl)(Cl)Cl)cc1. The van der Waals surface area contributed by atoms with Gasteiger partial charge in [-0.1, -0.05) is 65.1 Å². The predicted octanol–water partition coefficient (Wildman–Crippen LogP) is 4.43. The van der Waals surface area contributed by atoms with Crippen LogP contribution in [0.2, 0.25) is 0 Å². The van der Waals surface area contributed by atoms with E-state index >= 15 is 0 Å². The van der Waals surface area contributed by atoms with Gasteiger partial charge in [0, 0.05) is 5.69 Å². The van der Waals surface area contributed by atoms with Gasteiger partial charge in [-0.05, 0) is 49.0 Å². The minimum Gasteiger partial charge on any atom is -0.494 e. The van der Waals surface area contributed by atoms with Crippen LogP contribution in [-0.2, 0) is 11.2 Å². The first-order valence-electron chi connectivity index (χ1n) is 8.48. The van der Waals surface area contributed by atoms with Gasteiger partial charge in [-0.2, -0.15) is 0 Å². The third-order valence-corrected chi connectivity index (χ3v) is 4.41. The molecule has 0 spiro atoms. The molecule has 0 aliphatic rings. The predicted molar refractivity (Wildman–Crippen MR) is 119 cm³/mol. The lowest BCUT2D eigenvalue weighted by molar-refractivity contribution is -0.121. The third kappa shape index (κ3) is 7.72. The molecule has 150 valence electrons. The van der Waals surface area contributed by atoms with Crippen molar-refractivity contribution in [3.05, 3.63) is 60.2 Å². The van der Waals surface area contributed by atoms with Crippen LogP contribution in [-0.4, -0.2) is 27.6 Å². The van der Waals surface area contributed by atoms with E-state index in [0.717, 1.165) is 17.0 Å². The summed E-state index contributed by atoms with van der Waals surface area (Å²) in [5, 5.41) is 8.65. The molecule has 0 heterocycles. The highest BCUT2D eigenvalue weighted by Gasteiger charge is 2.34. The number of ether oxygens (including phenoxy) is 1. The Morgan fingerprint density at radius 2 is 1.71 bits per heavy atom. The Bertz CT molecular complexity index is 783. The lowest BCUT2D eigenvalue weighted by atomic mass is 10.1. The van der Waals surface area contributed by atoms with Crippen LogP contribution in [0.5, 0.6) is 5.75 Å². The molecule has 1 atom stereocenters. The van der Waals surface area contributed by atoms with Crippen molar-refractivity contribution in [1.29, 1.82) is 0 Å². The first-order valence-corrected chi connectivity index (χ1v) is 10.0. The molecule has 2 aromatic carbocycles. The van der Waals surface area contributed by atoms with E-state index < -0.39 is 9.96 Å². The minimum absolute atomic E-state index is 0.152. The smallest absolute Gasteiger partial charge is 0.228 e. The number of halogens is 3. The molecule has 2 aromatic rings. The van der Waals surface area contributed by atoms with Gasteiger partial charge in [0.05, 0.1) is 13.0 Å². The summed E-state index contributed by atoms with van der Waals surface area (Å²) in [6, 6.07) is 16.5. The van der Waals surface area contributed by atoms with Gasteiger partial charge in [0.25, 0.3) is 0 Å². The topological polar surface area (TPSA) is 62.4 Å². The fourth-order valence-electron chi connectivity index (χ4n) is 2.29. The Balaban J connectivity index is 1.95. The van der Waals surface area contributed by atoms with Crippen molar-refractivity contribution in [2.45, 2.75) is 23.3 Å². The molecule has 9 heteroatoms. The van der Waals surface area contributed by atoms with E-state index in [2.05, 4.69) is 16.0 Å². The summed E-state index contributed by atoms with van der Waals surface area (Å²) in [6.45, 7) is 2.49. The first-order chi connectivity index (χ1) is 13.3. The van der Waals surface area contributed by atoms with Gasteiger partial charge in [-0.15, -0.1) is 0 Å². The fraction of sp³-hybridized carbons (Fsp3) is 0.263. The number of carbonyl (C=O) groups is 1. The highest BCUT2D eigenvalue weighted by atomic mass is 35.6. The van der Waals surface area contributed by atoms with Crippen LogP contribution in [0.3, 0.4) is 0 Å². The summed E-state index contributed by atoms with van der Waals surface area (Å²) in [7, 11) is 0. The second-order valence-electron chi connectivity index (χ2n) is 5.76. The molecular weight excluding hydrogens is 441 g/mol. The van der Waals surface area contributed by atoms with Crippen LogP contribution in [0.1, 0.15) is 12.5 Å². The molecule has 0 radical (unpaired) electrons. The van der Waals surface area contributed by atoms with E-state index in [4.69, 9.17) is 51.8 Å². The number of hydrogen-bond donors (Lipinski definition) is 3. The number of benzene rings is 2. The van der Waals surface area contributed by atoms with Crippen LogP contribution in [0.25, 0.3) is 0 Å². The molecule has 0 aliphatic heterocycles. The Kier molecular flexibility index (Phi) is 8.63. The molecule has 0 bridgehead atoms. The number of nitrogens with one attached hydrogen (secondary N) is 3. The zero-order valence-corrected chi connectivity index (χ0v) is 18.1. The summed E-state index contributed by atoms with van der Waals surface area (Å²) < 4.78 is 3.58. The lowest BCUT2D eigenvalue weighted by Crippen LogP contribution is -2.56. The molecule has 2 rings (SSSR count). The summed E-state index contributed by atoms with van der Waals surface area (Å²) in [5.41, 5.74) is 1.57. The van der Waals surface area contributed by atoms with Crippen molar-refractivity contribution in [2.24, 2.45) is 0 Å². The Labute approximate surface area is 184 Å². The highest BCUT2D eigenvalue weighted by Crippen LogP contribution is 2.29. The third-order valence-electron chi connectivity index (χ3n) is 3.54. The quantitative estimate of drug-likeness (QED) is 0.324. The van der Waals surface area contributed by atoms with E-state index in [-0.39, 0.29) is 17.4 Å². The van der Waals surface area contributed by atoms with Crippen LogP contribution >= 0.6 is 47.0 Å². The molecule has 0 unspecified atom stereocenters. The number of anilines is 1. The molecule has 28 heavy (non-hydrogen) atoms. The van der Waals surface area contributed by atoms with Crippen LogP contribution in [0.4, 0.5) is 5.69 Å². The Morgan fingerprint density at radius 1 is 1.07 bits per heavy atom. The average Bonchev–Trinajstić information content (AvgIpc) is 2.63. The zero-order valence-electron chi connectivity index (χ0n) is 15.0. The van der Waals surface area contributed by atoms with Gasteiger partial charge in [-0.25, -0.2) is 0 Å². The molecule has 5 nitrogen and oxygen atoms in total. The molecule has 3 N–H and O–H groups in total. The molecule has 0 saturated carbocycles. The molecule has 0 aliphatic carbocycles. The second-order valence-corrected chi connectivity index (χ2v) is 8.54. The van der Waals surface area contributed by atoms with E-state index in [0.29, 0.717) is 6.61 Å². The molecule has 1 amide bonds. The normalized spacial score (nSPS) is 12.0. The van der Waals surface area contributed by atoms with Gasteiger partial charge in [-0.3, -0.25) is 4.79 Å². The highest BCUT2D eigenvalue weighted by molar-refractivity contribution is 7.80. The fourth-order valence-corrected chi connectivity index (χ4v) is 2.86. The Hall–Kier alpha value is -1.73. The van der Waals surface area contributed by atoms with Gasteiger partial charge in [0.1, 0.15) is 11.9 Å². The summed E-state index contributed by atoms with van der Waals surface area (Å²) in [5.74, 6) is 0.443. The molecule has 0 aromatic heterocycles. The van der Waals surface area contributed by atoms with Crippen molar-refractivity contribution in [3.8, 4) is 5.75 Å². The van der Waals surface area contributed by atoms with Gasteiger partial charge in [0.15, 0.2) is 5.11 Å². The van der Waals surface area contributed by atoms with Crippen molar-refractivity contribution in [1.82, 2.24) is 10.6 Å². The van der Waals surface area contributed by atoms with Crippen molar-refractivity contribution >= 4 is 63.7 Å². The largest absolute Gasteiger partial charge is 0.494 e. The van der Waals surface area contributed by atoms with Crippen LogP contribution in [0, 0.1) is 0 Å². The average molecular weight is 461 g/mol. The maximum absolute atomic E-state index is 12.3.